The molecule has 1 saturated heterocycles. The van der Waals surface area contributed by atoms with Gasteiger partial charge in [0.05, 0.1) is 4.90 Å². The summed E-state index contributed by atoms with van der Waals surface area (Å²) in [5, 5.41) is 12.6. The van der Waals surface area contributed by atoms with Crippen LogP contribution in [-0.2, 0) is 23.0 Å². The molecular formula is C22H24N6O3S3. The topological polar surface area (TPSA) is 109 Å². The van der Waals surface area contributed by atoms with E-state index in [-0.39, 0.29) is 21.5 Å². The van der Waals surface area contributed by atoms with E-state index in [0.29, 0.717) is 29.7 Å². The van der Waals surface area contributed by atoms with Gasteiger partial charge < -0.3 is 14.8 Å². The van der Waals surface area contributed by atoms with E-state index in [0.717, 1.165) is 30.2 Å². The van der Waals surface area contributed by atoms with Crippen LogP contribution in [0.4, 0.5) is 10.8 Å². The molecule has 0 aliphatic carbocycles. The molecule has 2 aliphatic rings. The van der Waals surface area contributed by atoms with Crippen LogP contribution in [0.25, 0.3) is 0 Å². The van der Waals surface area contributed by atoms with Crippen LogP contribution in [0.2, 0.25) is 0 Å². The van der Waals surface area contributed by atoms with Crippen LogP contribution in [0.1, 0.15) is 30.0 Å². The average Bonchev–Trinajstić information content (AvgIpc) is 3.27. The first-order chi connectivity index (χ1) is 16.3. The van der Waals surface area contributed by atoms with Crippen LogP contribution in [0.3, 0.4) is 0 Å². The highest BCUT2D eigenvalue weighted by Crippen LogP contribution is 2.35. The molecule has 4 heterocycles. The third-order valence-electron chi connectivity index (χ3n) is 6.17. The smallest absolute Gasteiger partial charge is 0.263 e. The van der Waals surface area contributed by atoms with E-state index in [1.54, 1.807) is 18.2 Å². The maximum Gasteiger partial charge on any atom is 0.263 e. The number of nitrogens with zero attached hydrogens (tertiary/aromatic N) is 4. The van der Waals surface area contributed by atoms with Crippen molar-refractivity contribution in [2.24, 2.45) is 5.92 Å². The van der Waals surface area contributed by atoms with Gasteiger partial charge >= 0.3 is 0 Å². The molecule has 34 heavy (non-hydrogen) atoms. The van der Waals surface area contributed by atoms with Gasteiger partial charge in [0.2, 0.25) is 5.13 Å². The fourth-order valence-electron chi connectivity index (χ4n) is 4.59. The number of rotatable bonds is 5. The third kappa shape index (κ3) is 4.57. The van der Waals surface area contributed by atoms with Crippen LogP contribution >= 0.6 is 23.6 Å². The molecule has 1 fully saturated rings. The zero-order valence-corrected chi connectivity index (χ0v) is 20.9. The molecule has 0 amide bonds. The minimum atomic E-state index is -3.76. The van der Waals surface area contributed by atoms with Crippen molar-refractivity contribution in [3.63, 3.8) is 0 Å². The van der Waals surface area contributed by atoms with Gasteiger partial charge in [-0.2, -0.15) is 0 Å². The molecule has 2 N–H and O–H groups in total. The number of aromatic nitrogens is 3. The maximum atomic E-state index is 12.7. The largest absolute Gasteiger partial charge is 0.348 e. The molecule has 2 bridgehead atoms. The number of thiocarbonyl (C=S) groups is 1. The molecule has 0 radical (unpaired) electrons. The van der Waals surface area contributed by atoms with E-state index in [2.05, 4.69) is 25.1 Å². The monoisotopic (exact) mass is 516 g/mol. The van der Waals surface area contributed by atoms with Crippen LogP contribution in [0.15, 0.2) is 52.2 Å². The molecule has 0 saturated carbocycles. The second kappa shape index (κ2) is 9.08. The summed E-state index contributed by atoms with van der Waals surface area (Å²) in [5.74, 6) is 0.617. The van der Waals surface area contributed by atoms with Gasteiger partial charge in [-0.3, -0.25) is 9.52 Å². The van der Waals surface area contributed by atoms with Crippen LogP contribution in [0.5, 0.6) is 0 Å². The number of aryl methyl sites for hydroxylation is 1. The second-order valence-electron chi connectivity index (χ2n) is 8.52. The summed E-state index contributed by atoms with van der Waals surface area (Å²) in [4.78, 5) is 14.5. The molecule has 1 aromatic carbocycles. The Kier molecular flexibility index (Phi) is 6.13. The Morgan fingerprint density at radius 3 is 2.68 bits per heavy atom. The van der Waals surface area contributed by atoms with Crippen molar-refractivity contribution < 1.29 is 8.42 Å². The maximum absolute atomic E-state index is 12.7. The fourth-order valence-corrected chi connectivity index (χ4v) is 6.77. The van der Waals surface area contributed by atoms with Gasteiger partial charge in [0.1, 0.15) is 5.01 Å². The minimum absolute atomic E-state index is 0.0582. The van der Waals surface area contributed by atoms with E-state index in [1.807, 2.05) is 23.6 Å². The summed E-state index contributed by atoms with van der Waals surface area (Å²) in [6.45, 7) is 4.16. The van der Waals surface area contributed by atoms with Crippen LogP contribution in [-0.4, -0.2) is 46.3 Å². The van der Waals surface area contributed by atoms with Gasteiger partial charge in [-0.05, 0) is 61.3 Å². The molecule has 0 unspecified atom stereocenters. The zero-order chi connectivity index (χ0) is 23.9. The number of hydrogen-bond acceptors (Lipinski definition) is 7. The average molecular weight is 517 g/mol. The molecular weight excluding hydrogens is 492 g/mol. The third-order valence-corrected chi connectivity index (χ3v) is 9.00. The number of benzene rings is 1. The fraction of sp³-hybridized carbons (Fsp3) is 0.364. The van der Waals surface area contributed by atoms with Crippen molar-refractivity contribution in [2.45, 2.75) is 37.1 Å². The van der Waals surface area contributed by atoms with Crippen molar-refractivity contribution in [3.8, 4) is 0 Å². The molecule has 12 heteroatoms. The summed E-state index contributed by atoms with van der Waals surface area (Å²) in [6.07, 6.45) is 1.75. The normalized spacial score (nSPS) is 19.4. The summed E-state index contributed by atoms with van der Waals surface area (Å²) >= 11 is 6.89. The van der Waals surface area contributed by atoms with Gasteiger partial charge in [-0.25, -0.2) is 8.42 Å². The molecule has 2 aliphatic heterocycles. The van der Waals surface area contributed by atoms with Crippen molar-refractivity contribution in [1.82, 2.24) is 19.7 Å². The molecule has 2 aromatic heterocycles. The van der Waals surface area contributed by atoms with Crippen molar-refractivity contribution in [2.75, 3.05) is 23.1 Å². The standard InChI is InChI=1S/C22H24N6O3S3/c1-2-19-24-25-21(33-19)26-34(30,31)17-8-6-16(7-9-17)23-22(32)27-11-14-10-15(13-27)18-4-3-5-20(29)28(18)12-14/h3-9,14-15H,2,10-13H2,1H3,(H,23,32)(H,25,26)/t14-,15+/m1/s1. The molecule has 178 valence electrons. The molecule has 0 spiro atoms. The Bertz CT molecular complexity index is 1380. The van der Waals surface area contributed by atoms with Gasteiger partial charge in [0.15, 0.2) is 5.11 Å². The number of fused-ring (bicyclic) bond motifs is 4. The Balaban J connectivity index is 1.25. The van der Waals surface area contributed by atoms with E-state index in [1.165, 1.54) is 23.5 Å². The van der Waals surface area contributed by atoms with E-state index in [9.17, 15) is 13.2 Å². The number of sulfonamides is 1. The lowest BCUT2D eigenvalue weighted by atomic mass is 9.83. The number of piperidine rings is 1. The first kappa shape index (κ1) is 22.9. The Hall–Kier alpha value is -2.83. The number of likely N-dealkylation sites (tertiary alicyclic amines) is 1. The van der Waals surface area contributed by atoms with Crippen LogP contribution < -0.4 is 15.6 Å². The molecule has 9 nitrogen and oxygen atoms in total. The molecule has 2 atom stereocenters. The summed E-state index contributed by atoms with van der Waals surface area (Å²) in [5.41, 5.74) is 1.84. The zero-order valence-electron chi connectivity index (χ0n) is 18.5. The van der Waals surface area contributed by atoms with Crippen molar-refractivity contribution >= 4 is 49.5 Å². The Morgan fingerprint density at radius 2 is 1.94 bits per heavy atom. The quantitative estimate of drug-likeness (QED) is 0.499. The lowest BCUT2D eigenvalue weighted by molar-refractivity contribution is 0.180. The van der Waals surface area contributed by atoms with Gasteiger partial charge in [0, 0.05) is 43.0 Å². The van der Waals surface area contributed by atoms with Crippen molar-refractivity contribution in [1.29, 1.82) is 0 Å². The van der Waals surface area contributed by atoms with E-state index in [4.69, 9.17) is 12.2 Å². The summed E-state index contributed by atoms with van der Waals surface area (Å²) < 4.78 is 29.7. The predicted octanol–water partition coefficient (Wildman–Crippen LogP) is 2.88. The second-order valence-corrected chi connectivity index (χ2v) is 11.6. The first-order valence-electron chi connectivity index (χ1n) is 11.0. The highest BCUT2D eigenvalue weighted by atomic mass is 32.2. The van der Waals surface area contributed by atoms with Crippen molar-refractivity contribution in [3.05, 3.63) is 63.5 Å². The van der Waals surface area contributed by atoms with Gasteiger partial charge in [-0.15, -0.1) is 10.2 Å². The first-order valence-corrected chi connectivity index (χ1v) is 13.7. The number of hydrogen-bond donors (Lipinski definition) is 2. The molecule has 3 aromatic rings. The van der Waals surface area contributed by atoms with E-state index >= 15 is 0 Å². The lowest BCUT2D eigenvalue weighted by Crippen LogP contribution is -2.50. The van der Waals surface area contributed by atoms with Gasteiger partial charge in [-0.1, -0.05) is 24.3 Å². The van der Waals surface area contributed by atoms with Crippen LogP contribution in [0, 0.1) is 5.92 Å². The predicted molar refractivity (Wildman–Crippen MR) is 136 cm³/mol. The Labute approximate surface area is 206 Å². The highest BCUT2D eigenvalue weighted by Gasteiger charge is 2.35. The SMILES string of the molecule is CCc1nnc(NS(=O)(=O)c2ccc(NC(=S)N3C[C@H]4C[C@@H](C3)c3cccc(=O)n3C4)cc2)s1. The highest BCUT2D eigenvalue weighted by molar-refractivity contribution is 7.93. The van der Waals surface area contributed by atoms with E-state index < -0.39 is 10.0 Å². The number of pyridine rings is 1. The molecule has 5 rings (SSSR count). The number of anilines is 2. The van der Waals surface area contributed by atoms with Gasteiger partial charge in [0.25, 0.3) is 15.6 Å². The summed E-state index contributed by atoms with van der Waals surface area (Å²) in [6, 6.07) is 11.9. The Morgan fingerprint density at radius 1 is 1.15 bits per heavy atom. The lowest BCUT2D eigenvalue weighted by Gasteiger charge is -2.43. The minimum Gasteiger partial charge on any atom is -0.348 e. The summed E-state index contributed by atoms with van der Waals surface area (Å²) in [7, 11) is -3.76. The number of nitrogens with one attached hydrogen (secondary N) is 2.